The summed E-state index contributed by atoms with van der Waals surface area (Å²) in [5.41, 5.74) is 0.861. The number of nitrogens with zero attached hydrogens (tertiary/aromatic N) is 2. The van der Waals surface area contributed by atoms with Crippen molar-refractivity contribution in [2.45, 2.75) is 52.0 Å². The molecule has 27 heavy (non-hydrogen) atoms. The van der Waals surface area contributed by atoms with Crippen LogP contribution in [0.1, 0.15) is 44.3 Å². The van der Waals surface area contributed by atoms with Crippen molar-refractivity contribution in [2.75, 3.05) is 6.54 Å². The summed E-state index contributed by atoms with van der Waals surface area (Å²) in [6, 6.07) is 7.31. The Kier molecular flexibility index (Phi) is 3.88. The molecule has 4 fully saturated rings. The number of hydrogen-bond acceptors (Lipinski definition) is 3. The molecule has 0 atom stereocenters. The van der Waals surface area contributed by atoms with E-state index in [-0.39, 0.29) is 18.0 Å². The Morgan fingerprint density at radius 3 is 2.44 bits per heavy atom. The highest BCUT2D eigenvalue weighted by atomic mass is 16.2. The summed E-state index contributed by atoms with van der Waals surface area (Å²) in [5.74, 6) is 3.14. The third-order valence-electron chi connectivity index (χ3n) is 7.18. The largest absolute Gasteiger partial charge is 0.354 e. The summed E-state index contributed by atoms with van der Waals surface area (Å²) in [4.78, 5) is 29.9. The van der Waals surface area contributed by atoms with Gasteiger partial charge in [-0.25, -0.2) is 4.98 Å². The molecule has 4 bridgehead atoms. The van der Waals surface area contributed by atoms with Crippen LogP contribution in [0, 0.1) is 30.1 Å². The van der Waals surface area contributed by atoms with Gasteiger partial charge in [-0.3, -0.25) is 14.2 Å². The lowest BCUT2D eigenvalue weighted by Crippen LogP contribution is -2.51. The van der Waals surface area contributed by atoms with E-state index in [0.29, 0.717) is 22.1 Å². The number of fused-ring (bicyclic) bond motifs is 1. The summed E-state index contributed by atoms with van der Waals surface area (Å²) in [7, 11) is 0. The van der Waals surface area contributed by atoms with E-state index < -0.39 is 0 Å². The second-order valence-corrected chi connectivity index (χ2v) is 9.26. The van der Waals surface area contributed by atoms with Crippen LogP contribution in [0.15, 0.2) is 29.1 Å². The lowest BCUT2D eigenvalue weighted by molar-refractivity contribution is -0.123. The molecule has 0 saturated heterocycles. The molecule has 5 nitrogen and oxygen atoms in total. The van der Waals surface area contributed by atoms with Crippen LogP contribution in [0.4, 0.5) is 0 Å². The first-order valence-corrected chi connectivity index (χ1v) is 10.2. The van der Waals surface area contributed by atoms with Gasteiger partial charge in [-0.15, -0.1) is 0 Å². The van der Waals surface area contributed by atoms with Crippen molar-refractivity contribution in [2.24, 2.45) is 23.2 Å². The highest BCUT2D eigenvalue weighted by molar-refractivity contribution is 5.79. The second kappa shape index (κ2) is 6.18. The summed E-state index contributed by atoms with van der Waals surface area (Å²) in [6.45, 7) is 2.61. The number of aryl methyl sites for hydroxylation is 1. The Bertz CT molecular complexity index is 926. The van der Waals surface area contributed by atoms with Crippen LogP contribution in [0.2, 0.25) is 0 Å². The van der Waals surface area contributed by atoms with E-state index in [9.17, 15) is 9.59 Å². The number of carbonyl (C=O) groups excluding carboxylic acids is 1. The van der Waals surface area contributed by atoms with Crippen LogP contribution < -0.4 is 10.9 Å². The number of carbonyl (C=O) groups is 1. The summed E-state index contributed by atoms with van der Waals surface area (Å²) >= 11 is 0. The second-order valence-electron chi connectivity index (χ2n) is 9.26. The van der Waals surface area contributed by atoms with Crippen LogP contribution in [-0.4, -0.2) is 22.0 Å². The van der Waals surface area contributed by atoms with Crippen molar-refractivity contribution < 1.29 is 4.79 Å². The van der Waals surface area contributed by atoms with E-state index in [0.717, 1.165) is 24.3 Å². The van der Waals surface area contributed by atoms with Crippen molar-refractivity contribution >= 4 is 16.8 Å². The van der Waals surface area contributed by atoms with E-state index in [1.807, 2.05) is 18.2 Å². The molecule has 4 saturated carbocycles. The zero-order valence-electron chi connectivity index (χ0n) is 15.9. The first-order chi connectivity index (χ1) is 13.0. The third-order valence-corrected chi connectivity index (χ3v) is 7.18. The van der Waals surface area contributed by atoms with Crippen LogP contribution in [0.25, 0.3) is 10.9 Å². The van der Waals surface area contributed by atoms with Gasteiger partial charge in [0.15, 0.2) is 0 Å². The molecule has 1 N–H and O–H groups in total. The average molecular weight is 365 g/mol. The van der Waals surface area contributed by atoms with Crippen LogP contribution in [-0.2, 0) is 11.3 Å². The van der Waals surface area contributed by atoms with Crippen molar-refractivity contribution in [3.05, 3.63) is 40.4 Å². The fraction of sp³-hybridized carbons (Fsp3) is 0.591. The lowest BCUT2D eigenvalue weighted by atomic mass is 9.49. The van der Waals surface area contributed by atoms with Gasteiger partial charge in [-0.1, -0.05) is 12.1 Å². The van der Waals surface area contributed by atoms with Crippen LogP contribution in [0.5, 0.6) is 0 Å². The Labute approximate surface area is 159 Å². The maximum Gasteiger partial charge on any atom is 0.261 e. The number of benzene rings is 1. The van der Waals surface area contributed by atoms with Gasteiger partial charge < -0.3 is 5.32 Å². The van der Waals surface area contributed by atoms with Gasteiger partial charge in [0.1, 0.15) is 12.4 Å². The summed E-state index contributed by atoms with van der Waals surface area (Å²) in [6.07, 6.45) is 8.04. The molecule has 1 amide bonds. The molecule has 0 radical (unpaired) electrons. The number of rotatable bonds is 4. The molecule has 6 rings (SSSR count). The topological polar surface area (TPSA) is 64.0 Å². The van der Waals surface area contributed by atoms with Crippen LogP contribution in [0.3, 0.4) is 0 Å². The monoisotopic (exact) mass is 365 g/mol. The minimum atomic E-state index is -0.136. The van der Waals surface area contributed by atoms with Crippen molar-refractivity contribution in [1.82, 2.24) is 14.9 Å². The van der Waals surface area contributed by atoms with Crippen molar-refractivity contribution in [3.8, 4) is 0 Å². The molecule has 1 aromatic carbocycles. The lowest BCUT2D eigenvalue weighted by Gasteiger charge is -2.56. The molecular formula is C22H27N3O2. The zero-order valence-corrected chi connectivity index (χ0v) is 15.9. The SMILES string of the molecule is Cc1nc2ccccc2c(=O)n1CC(=O)NCC12CC3CC(CC(C3)C1)C2. The van der Waals surface area contributed by atoms with Gasteiger partial charge in [0.05, 0.1) is 10.9 Å². The zero-order chi connectivity index (χ0) is 18.6. The van der Waals surface area contributed by atoms with Gasteiger partial charge in [0, 0.05) is 6.54 Å². The number of nitrogens with one attached hydrogen (secondary N) is 1. The average Bonchev–Trinajstić information content (AvgIpc) is 2.62. The molecule has 0 unspecified atom stereocenters. The van der Waals surface area contributed by atoms with Gasteiger partial charge >= 0.3 is 0 Å². The fourth-order valence-corrected chi connectivity index (χ4v) is 6.46. The summed E-state index contributed by atoms with van der Waals surface area (Å²) in [5, 5.41) is 3.73. The Hall–Kier alpha value is -2.17. The predicted octanol–water partition coefficient (Wildman–Crippen LogP) is 3.04. The number of hydrogen-bond donors (Lipinski definition) is 1. The molecule has 2 aromatic rings. The Balaban J connectivity index is 1.30. The van der Waals surface area contributed by atoms with Gasteiger partial charge in [-0.2, -0.15) is 0 Å². The van der Waals surface area contributed by atoms with Crippen molar-refractivity contribution in [3.63, 3.8) is 0 Å². The maximum atomic E-state index is 12.8. The molecule has 4 aliphatic carbocycles. The standard InChI is InChI=1S/C22H27N3O2/c1-14-24-19-5-3-2-4-18(19)21(27)25(14)12-20(26)23-13-22-9-15-6-16(10-22)8-17(7-15)11-22/h2-5,15-17H,6-13H2,1H3,(H,23,26). The van der Waals surface area contributed by atoms with E-state index in [1.165, 1.54) is 43.1 Å². The molecule has 5 heteroatoms. The quantitative estimate of drug-likeness (QED) is 0.906. The maximum absolute atomic E-state index is 12.8. The first kappa shape index (κ1) is 17.0. The molecule has 142 valence electrons. The van der Waals surface area contributed by atoms with Gasteiger partial charge in [0.2, 0.25) is 5.91 Å². The van der Waals surface area contributed by atoms with E-state index in [2.05, 4.69) is 10.3 Å². The van der Waals surface area contributed by atoms with E-state index in [1.54, 1.807) is 13.0 Å². The number of amides is 1. The first-order valence-electron chi connectivity index (χ1n) is 10.2. The Morgan fingerprint density at radius 1 is 1.15 bits per heavy atom. The molecular weight excluding hydrogens is 338 g/mol. The number of aromatic nitrogens is 2. The summed E-state index contributed by atoms with van der Waals surface area (Å²) < 4.78 is 1.50. The van der Waals surface area contributed by atoms with E-state index in [4.69, 9.17) is 0 Å². The third kappa shape index (κ3) is 2.97. The minimum Gasteiger partial charge on any atom is -0.354 e. The highest BCUT2D eigenvalue weighted by Gasteiger charge is 2.50. The molecule has 4 aliphatic rings. The van der Waals surface area contributed by atoms with E-state index >= 15 is 0 Å². The molecule has 0 spiro atoms. The number of para-hydroxylation sites is 1. The van der Waals surface area contributed by atoms with Gasteiger partial charge in [-0.05, 0) is 80.8 Å². The van der Waals surface area contributed by atoms with Crippen LogP contribution >= 0.6 is 0 Å². The molecule has 1 aromatic heterocycles. The molecule has 0 aliphatic heterocycles. The smallest absolute Gasteiger partial charge is 0.261 e. The minimum absolute atomic E-state index is 0.0505. The van der Waals surface area contributed by atoms with Gasteiger partial charge in [0.25, 0.3) is 5.56 Å². The normalized spacial score (nSPS) is 31.4. The Morgan fingerprint density at radius 2 is 1.78 bits per heavy atom. The fourth-order valence-electron chi connectivity index (χ4n) is 6.46. The highest BCUT2D eigenvalue weighted by Crippen LogP contribution is 2.59. The molecule has 1 heterocycles. The predicted molar refractivity (Wildman–Crippen MR) is 104 cm³/mol. The van der Waals surface area contributed by atoms with Crippen molar-refractivity contribution in [1.29, 1.82) is 0 Å².